The van der Waals surface area contributed by atoms with Gasteiger partial charge in [-0.05, 0) is 42.0 Å². The van der Waals surface area contributed by atoms with Crippen LogP contribution in [-0.4, -0.2) is 10.9 Å². The molecule has 1 amide bonds. The van der Waals surface area contributed by atoms with Gasteiger partial charge in [-0.1, -0.05) is 12.1 Å². The molecule has 2 aromatic heterocycles. The van der Waals surface area contributed by atoms with Crippen LogP contribution in [-0.2, 0) is 13.1 Å². The predicted octanol–water partition coefficient (Wildman–Crippen LogP) is 3.36. The molecule has 0 fully saturated rings. The molecule has 2 N–H and O–H groups in total. The van der Waals surface area contributed by atoms with Crippen molar-refractivity contribution >= 4 is 11.6 Å². The van der Waals surface area contributed by atoms with Crippen LogP contribution < -0.4 is 10.6 Å². The first-order chi connectivity index (χ1) is 11.7. The molecule has 6 heteroatoms. The summed E-state index contributed by atoms with van der Waals surface area (Å²) < 4.78 is 18.0. The first-order valence-electron chi connectivity index (χ1n) is 7.46. The fourth-order valence-electron chi connectivity index (χ4n) is 2.11. The maximum Gasteiger partial charge on any atom is 0.270 e. The highest BCUT2D eigenvalue weighted by Gasteiger charge is 2.07. The second kappa shape index (κ2) is 7.41. The van der Waals surface area contributed by atoms with Crippen LogP contribution in [0.15, 0.2) is 65.4 Å². The van der Waals surface area contributed by atoms with Crippen molar-refractivity contribution in [3.63, 3.8) is 0 Å². The summed E-state index contributed by atoms with van der Waals surface area (Å²) in [4.78, 5) is 16.1. The van der Waals surface area contributed by atoms with Crippen molar-refractivity contribution in [2.45, 2.75) is 13.1 Å². The van der Waals surface area contributed by atoms with Gasteiger partial charge in [0.25, 0.3) is 5.91 Å². The van der Waals surface area contributed by atoms with E-state index in [1.165, 1.54) is 12.1 Å². The molecule has 24 heavy (non-hydrogen) atoms. The van der Waals surface area contributed by atoms with Gasteiger partial charge in [0.1, 0.15) is 17.3 Å². The Bertz CT molecular complexity index is 784. The lowest BCUT2D eigenvalue weighted by Gasteiger charge is -2.07. The smallest absolute Gasteiger partial charge is 0.270 e. The van der Waals surface area contributed by atoms with Crippen molar-refractivity contribution in [3.05, 3.63) is 83.8 Å². The number of carbonyl (C=O) groups is 1. The summed E-state index contributed by atoms with van der Waals surface area (Å²) in [6.45, 7) is 0.865. The van der Waals surface area contributed by atoms with Crippen molar-refractivity contribution in [1.82, 2.24) is 10.3 Å². The molecule has 0 aliphatic heterocycles. The molecule has 0 atom stereocenters. The third-order valence-electron chi connectivity index (χ3n) is 3.41. The molecule has 1 aromatic carbocycles. The minimum absolute atomic E-state index is 0.259. The van der Waals surface area contributed by atoms with Crippen LogP contribution in [0, 0.1) is 5.82 Å². The van der Waals surface area contributed by atoms with E-state index in [9.17, 15) is 9.18 Å². The number of anilines is 1. The number of nitrogens with zero attached hydrogens (tertiary/aromatic N) is 1. The van der Waals surface area contributed by atoms with Gasteiger partial charge < -0.3 is 15.1 Å². The summed E-state index contributed by atoms with van der Waals surface area (Å²) in [6, 6.07) is 13.2. The van der Waals surface area contributed by atoms with Crippen molar-refractivity contribution in [2.24, 2.45) is 0 Å². The topological polar surface area (TPSA) is 67.2 Å². The summed E-state index contributed by atoms with van der Waals surface area (Å²) in [6.07, 6.45) is 3.15. The van der Waals surface area contributed by atoms with Crippen molar-refractivity contribution in [2.75, 3.05) is 5.32 Å². The fraction of sp³-hybridized carbons (Fsp3) is 0.111. The van der Waals surface area contributed by atoms with Crippen LogP contribution >= 0.6 is 0 Å². The number of benzene rings is 1. The van der Waals surface area contributed by atoms with E-state index in [1.807, 2.05) is 0 Å². The molecule has 0 aliphatic rings. The molecule has 5 nitrogen and oxygen atoms in total. The molecule has 0 spiro atoms. The molecule has 3 rings (SSSR count). The number of nitrogens with one attached hydrogen (secondary N) is 2. The third-order valence-corrected chi connectivity index (χ3v) is 3.41. The average molecular weight is 325 g/mol. The Labute approximate surface area is 138 Å². The number of hydrogen-bond donors (Lipinski definition) is 2. The minimum atomic E-state index is -0.267. The highest BCUT2D eigenvalue weighted by Crippen LogP contribution is 2.10. The number of amides is 1. The number of rotatable bonds is 6. The number of furan rings is 1. The largest absolute Gasteiger partial charge is 0.467 e. The number of aromatic nitrogens is 1. The highest BCUT2D eigenvalue weighted by molar-refractivity contribution is 5.92. The Morgan fingerprint density at radius 3 is 2.58 bits per heavy atom. The average Bonchev–Trinajstić information content (AvgIpc) is 3.13. The maximum atomic E-state index is 12.8. The van der Waals surface area contributed by atoms with E-state index < -0.39 is 0 Å². The zero-order valence-electron chi connectivity index (χ0n) is 12.8. The van der Waals surface area contributed by atoms with Gasteiger partial charge in [-0.3, -0.25) is 4.79 Å². The summed E-state index contributed by atoms with van der Waals surface area (Å²) in [5, 5.41) is 5.90. The van der Waals surface area contributed by atoms with E-state index in [2.05, 4.69) is 15.6 Å². The SMILES string of the molecule is O=C(NCc1ccco1)c1ccc(NCc2ccc(F)cc2)cn1. The molecule has 0 radical (unpaired) electrons. The number of halogens is 1. The van der Waals surface area contributed by atoms with Crippen LogP contribution in [0.5, 0.6) is 0 Å². The maximum absolute atomic E-state index is 12.8. The van der Waals surface area contributed by atoms with Crippen LogP contribution in [0.25, 0.3) is 0 Å². The standard InChI is InChI=1S/C18H16FN3O2/c19-14-5-3-13(4-6-14)10-20-15-7-8-17(21-11-15)18(23)22-12-16-2-1-9-24-16/h1-9,11,20H,10,12H2,(H,22,23). The van der Waals surface area contributed by atoms with Crippen molar-refractivity contribution in [3.8, 4) is 0 Å². The summed E-state index contributed by atoms with van der Waals surface area (Å²) in [7, 11) is 0. The zero-order chi connectivity index (χ0) is 16.8. The van der Waals surface area contributed by atoms with Crippen molar-refractivity contribution < 1.29 is 13.6 Å². The lowest BCUT2D eigenvalue weighted by molar-refractivity contribution is 0.0943. The van der Waals surface area contributed by atoms with Gasteiger partial charge in [0.15, 0.2) is 0 Å². The summed E-state index contributed by atoms with van der Waals surface area (Å²) in [5.41, 5.74) is 2.06. The Morgan fingerprint density at radius 1 is 1.08 bits per heavy atom. The van der Waals surface area contributed by atoms with Gasteiger partial charge in [0, 0.05) is 6.54 Å². The van der Waals surface area contributed by atoms with Crippen LogP contribution in [0.4, 0.5) is 10.1 Å². The second-order valence-electron chi connectivity index (χ2n) is 5.17. The van der Waals surface area contributed by atoms with Gasteiger partial charge in [-0.2, -0.15) is 0 Å². The lowest BCUT2D eigenvalue weighted by Crippen LogP contribution is -2.23. The lowest BCUT2D eigenvalue weighted by atomic mass is 10.2. The molecule has 2 heterocycles. The van der Waals surface area contributed by atoms with E-state index in [4.69, 9.17) is 4.42 Å². The van der Waals surface area contributed by atoms with E-state index in [0.717, 1.165) is 11.3 Å². The van der Waals surface area contributed by atoms with Gasteiger partial charge in [0.2, 0.25) is 0 Å². The molecule has 0 saturated carbocycles. The summed E-state index contributed by atoms with van der Waals surface area (Å²) in [5.74, 6) is 0.155. The van der Waals surface area contributed by atoms with E-state index in [1.54, 1.807) is 48.9 Å². The van der Waals surface area contributed by atoms with E-state index >= 15 is 0 Å². The second-order valence-corrected chi connectivity index (χ2v) is 5.17. The minimum Gasteiger partial charge on any atom is -0.467 e. The molecule has 3 aromatic rings. The first kappa shape index (κ1) is 15.7. The molecular weight excluding hydrogens is 309 g/mol. The number of hydrogen-bond acceptors (Lipinski definition) is 4. The Morgan fingerprint density at radius 2 is 1.92 bits per heavy atom. The van der Waals surface area contributed by atoms with Crippen molar-refractivity contribution in [1.29, 1.82) is 0 Å². The molecule has 0 saturated heterocycles. The Balaban J connectivity index is 1.52. The van der Waals surface area contributed by atoms with E-state index in [-0.39, 0.29) is 11.7 Å². The quantitative estimate of drug-likeness (QED) is 0.729. The molecule has 0 aliphatic carbocycles. The molecule has 122 valence electrons. The van der Waals surface area contributed by atoms with E-state index in [0.29, 0.717) is 24.5 Å². The monoisotopic (exact) mass is 325 g/mol. The Kier molecular flexibility index (Phi) is 4.86. The number of pyridine rings is 1. The number of carbonyl (C=O) groups excluding carboxylic acids is 1. The normalized spacial score (nSPS) is 10.4. The Hall–Kier alpha value is -3.15. The summed E-state index contributed by atoms with van der Waals surface area (Å²) >= 11 is 0. The molecular formula is C18H16FN3O2. The zero-order valence-corrected chi connectivity index (χ0v) is 12.8. The van der Waals surface area contributed by atoms with Crippen LogP contribution in [0.2, 0.25) is 0 Å². The van der Waals surface area contributed by atoms with Gasteiger partial charge >= 0.3 is 0 Å². The fourth-order valence-corrected chi connectivity index (χ4v) is 2.11. The first-order valence-corrected chi connectivity index (χ1v) is 7.46. The third kappa shape index (κ3) is 4.19. The predicted molar refractivity (Wildman–Crippen MR) is 87.8 cm³/mol. The van der Waals surface area contributed by atoms with Gasteiger partial charge in [-0.25, -0.2) is 9.37 Å². The highest BCUT2D eigenvalue weighted by atomic mass is 19.1. The van der Waals surface area contributed by atoms with Crippen LogP contribution in [0.1, 0.15) is 21.8 Å². The molecule has 0 bridgehead atoms. The van der Waals surface area contributed by atoms with Gasteiger partial charge in [-0.15, -0.1) is 0 Å². The molecule has 0 unspecified atom stereocenters. The van der Waals surface area contributed by atoms with Crippen LogP contribution in [0.3, 0.4) is 0 Å². The van der Waals surface area contributed by atoms with Gasteiger partial charge in [0.05, 0.1) is 24.7 Å².